The van der Waals surface area contributed by atoms with Crippen LogP contribution in [0.1, 0.15) is 128 Å². The molecule has 70 heavy (non-hydrogen) atoms. The van der Waals surface area contributed by atoms with Crippen molar-refractivity contribution < 1.29 is 0 Å². The molecule has 0 spiro atoms. The number of hydrogen-bond acceptors (Lipinski definition) is 2. The van der Waals surface area contributed by atoms with Crippen molar-refractivity contribution in [3.63, 3.8) is 0 Å². The van der Waals surface area contributed by atoms with Gasteiger partial charge < -0.3 is 9.88 Å². The summed E-state index contributed by atoms with van der Waals surface area (Å²) in [6.07, 6.45) is 2.41. The second-order valence-corrected chi connectivity index (χ2v) is 25.9. The highest BCUT2D eigenvalue weighted by atomic mass is 32.1. The van der Waals surface area contributed by atoms with Crippen LogP contribution in [0.25, 0.3) is 81.0 Å². The number of rotatable bonds is 3. The Morgan fingerprint density at radius 3 is 1.90 bits per heavy atom. The Balaban J connectivity index is 1.08. The fourth-order valence-electron chi connectivity index (χ4n) is 13.9. The van der Waals surface area contributed by atoms with Gasteiger partial charge in [0, 0.05) is 69.9 Å². The van der Waals surface area contributed by atoms with E-state index in [1.54, 1.807) is 0 Å². The number of hydrogen-bond donors (Lipinski definition) is 1. The SMILES string of the molecule is CC(C)(C)c1ccc(Nc2cc3sc4cc5c(cc4c3cc2-c2ccc3c4c6c(ccc4n4c3c2Bc2cc3c(cc2-4)-c2ccccc2C3(C)C)C(C)(C)c2ccccc2-6)C(C)(C)CCC5(C)C)cc1. The van der Waals surface area contributed by atoms with E-state index in [9.17, 15) is 0 Å². The van der Waals surface area contributed by atoms with Crippen molar-refractivity contribution >= 4 is 82.9 Å². The minimum atomic E-state index is -0.0986. The van der Waals surface area contributed by atoms with Crippen LogP contribution < -0.4 is 16.2 Å². The van der Waals surface area contributed by atoms with Gasteiger partial charge in [-0.15, -0.1) is 11.3 Å². The summed E-state index contributed by atoms with van der Waals surface area (Å²) in [5.41, 5.74) is 27.3. The molecule has 0 amide bonds. The number of benzene rings is 8. The Morgan fingerprint density at radius 1 is 0.529 bits per heavy atom. The summed E-state index contributed by atoms with van der Waals surface area (Å²) in [5.74, 6) is 0. The highest BCUT2D eigenvalue weighted by molar-refractivity contribution is 7.25. The number of anilines is 2. The molecule has 10 aromatic rings. The highest BCUT2D eigenvalue weighted by Crippen LogP contribution is 2.56. The molecule has 0 bridgehead atoms. The van der Waals surface area contributed by atoms with E-state index in [-0.39, 0.29) is 27.1 Å². The minimum Gasteiger partial charge on any atom is -0.355 e. The van der Waals surface area contributed by atoms with Gasteiger partial charge in [0.05, 0.1) is 5.52 Å². The summed E-state index contributed by atoms with van der Waals surface area (Å²) < 4.78 is 5.39. The molecular formula is C66H61BN2S. The lowest BCUT2D eigenvalue weighted by Crippen LogP contribution is -2.38. The largest absolute Gasteiger partial charge is 0.355 e. The number of nitrogens with one attached hydrogen (secondary N) is 1. The van der Waals surface area contributed by atoms with Crippen LogP contribution in [0.3, 0.4) is 0 Å². The van der Waals surface area contributed by atoms with Crippen molar-refractivity contribution in [3.8, 4) is 39.1 Å². The lowest BCUT2D eigenvalue weighted by Gasteiger charge is -2.41. The smallest absolute Gasteiger partial charge is 0.198 e. The van der Waals surface area contributed by atoms with Crippen molar-refractivity contribution in [2.45, 2.75) is 116 Å². The number of aromatic nitrogens is 1. The summed E-state index contributed by atoms with van der Waals surface area (Å²) in [5, 5.41) is 9.51. The topological polar surface area (TPSA) is 17.0 Å². The first-order chi connectivity index (χ1) is 33.3. The van der Waals surface area contributed by atoms with E-state index in [4.69, 9.17) is 0 Å². The molecule has 0 atom stereocenters. The zero-order chi connectivity index (χ0) is 48.2. The molecule has 4 heteroatoms. The van der Waals surface area contributed by atoms with E-state index in [1.165, 1.54) is 144 Å². The van der Waals surface area contributed by atoms with Crippen LogP contribution in [-0.4, -0.2) is 11.8 Å². The highest BCUT2D eigenvalue weighted by Gasteiger charge is 2.41. The first-order valence-electron chi connectivity index (χ1n) is 25.8. The van der Waals surface area contributed by atoms with Crippen LogP contribution in [0.2, 0.25) is 0 Å². The third kappa shape index (κ3) is 5.63. The molecule has 0 saturated carbocycles. The van der Waals surface area contributed by atoms with Gasteiger partial charge in [-0.3, -0.25) is 0 Å². The molecule has 0 unspecified atom stereocenters. The van der Waals surface area contributed by atoms with Crippen molar-refractivity contribution in [2.24, 2.45) is 0 Å². The van der Waals surface area contributed by atoms with Crippen LogP contribution >= 0.6 is 11.3 Å². The first-order valence-corrected chi connectivity index (χ1v) is 26.6. The lowest BCUT2D eigenvalue weighted by atomic mass is 9.58. The molecule has 8 aromatic carbocycles. The van der Waals surface area contributed by atoms with Crippen molar-refractivity contribution in [1.82, 2.24) is 4.57 Å². The average molecular weight is 925 g/mol. The monoisotopic (exact) mass is 924 g/mol. The van der Waals surface area contributed by atoms with Crippen LogP contribution in [0.4, 0.5) is 11.4 Å². The molecule has 3 heterocycles. The Labute approximate surface area is 418 Å². The molecule has 0 fully saturated rings. The van der Waals surface area contributed by atoms with E-state index in [1.807, 2.05) is 11.3 Å². The minimum absolute atomic E-state index is 0.0743. The maximum atomic E-state index is 4.05. The fourth-order valence-corrected chi connectivity index (χ4v) is 15.0. The van der Waals surface area contributed by atoms with E-state index in [2.05, 4.69) is 220 Å². The molecule has 4 aliphatic rings. The molecule has 0 saturated heterocycles. The van der Waals surface area contributed by atoms with Crippen molar-refractivity contribution in [1.29, 1.82) is 0 Å². The molecule has 344 valence electrons. The van der Waals surface area contributed by atoms with Gasteiger partial charge in [-0.2, -0.15) is 0 Å². The molecule has 2 aromatic heterocycles. The van der Waals surface area contributed by atoms with Gasteiger partial charge in [0.1, 0.15) is 0 Å². The van der Waals surface area contributed by atoms with Gasteiger partial charge in [-0.1, -0.05) is 167 Å². The molecule has 1 N–H and O–H groups in total. The molecule has 2 nitrogen and oxygen atoms in total. The van der Waals surface area contributed by atoms with Crippen LogP contribution in [0, 0.1) is 0 Å². The molecule has 3 aliphatic carbocycles. The van der Waals surface area contributed by atoms with Crippen LogP contribution in [-0.2, 0) is 27.1 Å². The quantitative estimate of drug-likeness (QED) is 0.175. The van der Waals surface area contributed by atoms with Crippen molar-refractivity contribution in [3.05, 3.63) is 172 Å². The maximum Gasteiger partial charge on any atom is 0.198 e. The normalized spacial score (nSPS) is 17.2. The lowest BCUT2D eigenvalue weighted by molar-refractivity contribution is 0.332. The van der Waals surface area contributed by atoms with E-state index >= 15 is 0 Å². The first kappa shape index (κ1) is 42.5. The predicted molar refractivity (Wildman–Crippen MR) is 304 cm³/mol. The third-order valence-electron chi connectivity index (χ3n) is 18.0. The summed E-state index contributed by atoms with van der Waals surface area (Å²) >= 11 is 1.96. The molecular weight excluding hydrogens is 864 g/mol. The van der Waals surface area contributed by atoms with Gasteiger partial charge in [0.2, 0.25) is 0 Å². The number of nitrogens with zero attached hydrogens (tertiary/aromatic N) is 1. The standard InChI is InChI=1S/C66H61BN2S/c1-62(2,3)36-20-22-37(23-21-36)68-53-35-57-44(45-31-50-51(34-56(45)70-57)64(6,7)29-28-63(50,4)5)30-43(53)39-24-25-41-59-54(27-26-48-58(59)40-17-13-15-19-47(40)65(48,8)9)69-55-32-42-38-16-12-14-18-46(38)66(10,11)49(42)33-52(55)67-60(39)61(41)69/h12-27,30-35,67-68H,28-29H2,1-11H3. The Hall–Kier alpha value is -6.36. The van der Waals surface area contributed by atoms with Gasteiger partial charge in [-0.05, 0) is 150 Å². The zero-order valence-corrected chi connectivity index (χ0v) is 43.5. The number of thiophene rings is 1. The molecule has 14 rings (SSSR count). The summed E-state index contributed by atoms with van der Waals surface area (Å²) in [7, 11) is 0.848. The molecule has 1 aliphatic heterocycles. The van der Waals surface area contributed by atoms with Crippen LogP contribution in [0.15, 0.2) is 133 Å². The predicted octanol–water partition coefficient (Wildman–Crippen LogP) is 16.5. The van der Waals surface area contributed by atoms with E-state index < -0.39 is 0 Å². The Bertz CT molecular complexity index is 3970. The maximum absolute atomic E-state index is 4.05. The van der Waals surface area contributed by atoms with Gasteiger partial charge in [0.15, 0.2) is 7.28 Å². The van der Waals surface area contributed by atoms with Gasteiger partial charge in [-0.25, -0.2) is 0 Å². The van der Waals surface area contributed by atoms with Crippen LogP contribution in [0.5, 0.6) is 0 Å². The van der Waals surface area contributed by atoms with Crippen molar-refractivity contribution in [2.75, 3.05) is 5.32 Å². The molecule has 0 radical (unpaired) electrons. The average Bonchev–Trinajstić information content (AvgIpc) is 4.00. The summed E-state index contributed by atoms with van der Waals surface area (Å²) in [6.45, 7) is 26.4. The van der Waals surface area contributed by atoms with Gasteiger partial charge in [0.25, 0.3) is 0 Å². The third-order valence-corrected chi connectivity index (χ3v) is 19.2. The summed E-state index contributed by atoms with van der Waals surface area (Å²) in [6, 6.07) is 52.7. The number of fused-ring (bicyclic) bond motifs is 16. The Kier molecular flexibility index (Phi) is 8.34. The summed E-state index contributed by atoms with van der Waals surface area (Å²) in [4.78, 5) is 0. The van der Waals surface area contributed by atoms with E-state index in [0.717, 1.165) is 18.7 Å². The second kappa shape index (κ2) is 13.7. The Morgan fingerprint density at radius 2 is 1.17 bits per heavy atom. The fraction of sp³-hybridized carbons (Fsp3) is 0.273. The second-order valence-electron chi connectivity index (χ2n) is 24.9. The zero-order valence-electron chi connectivity index (χ0n) is 42.7. The van der Waals surface area contributed by atoms with Gasteiger partial charge >= 0.3 is 0 Å². The van der Waals surface area contributed by atoms with E-state index in [0.29, 0.717) is 0 Å².